The summed E-state index contributed by atoms with van der Waals surface area (Å²) in [4.78, 5) is 41.7. The van der Waals surface area contributed by atoms with Crippen LogP contribution in [-0.2, 0) is 9.59 Å². The lowest BCUT2D eigenvalue weighted by Gasteiger charge is -2.42. The fourth-order valence-corrected chi connectivity index (χ4v) is 9.73. The van der Waals surface area contributed by atoms with Gasteiger partial charge in [0.05, 0.1) is 17.9 Å². The van der Waals surface area contributed by atoms with Crippen LogP contribution in [0.5, 0.6) is 11.5 Å². The standard InChI is InChI=1S/C45H62N10O4/c1-30(12-17-42(58)51-29-56)55-23-24-59-43-36(9-5-10-39(43)55)32-13-15-34(16-14-32)53-21-18-31(19-22-53)33-26-49-45(50-27-33)52(2)35-7-6-20-54(28-35)40(44(47)48)25-38(46)37-8-3-4-11-41(37)57/h3-5,8-11,25-27,29-32,34-35,57H,6-7,12-24,28,46-48H2,1-2H3,(H,51,56,58)/b38-25-/t30?,32-,34+,35?. The summed E-state index contributed by atoms with van der Waals surface area (Å²) in [5, 5.41) is 12.6. The largest absolute Gasteiger partial charge is 0.507 e. The molecule has 0 bridgehead atoms. The molecule has 14 nitrogen and oxygen atoms in total. The molecule has 1 aromatic heterocycles. The van der Waals surface area contributed by atoms with Crippen molar-refractivity contribution in [2.24, 2.45) is 17.2 Å². The maximum Gasteiger partial charge on any atom is 0.226 e. The number of likely N-dealkylation sites (tertiary alicyclic amines) is 2. The monoisotopic (exact) mass is 806 g/mol. The number of para-hydroxylation sites is 2. The van der Waals surface area contributed by atoms with Crippen LogP contribution in [-0.4, -0.2) is 102 Å². The fourth-order valence-electron chi connectivity index (χ4n) is 9.73. The van der Waals surface area contributed by atoms with Gasteiger partial charge in [0.1, 0.15) is 23.9 Å². The third-order valence-electron chi connectivity index (χ3n) is 13.2. The molecule has 2 amide bonds. The van der Waals surface area contributed by atoms with Crippen molar-refractivity contribution in [2.75, 3.05) is 56.2 Å². The summed E-state index contributed by atoms with van der Waals surface area (Å²) < 4.78 is 6.33. The number of amides is 2. The Bertz CT molecular complexity index is 1970. The number of benzene rings is 2. The van der Waals surface area contributed by atoms with E-state index >= 15 is 0 Å². The summed E-state index contributed by atoms with van der Waals surface area (Å²) in [7, 11) is 2.05. The number of likely N-dealkylation sites (N-methyl/N-ethyl adjacent to an activating group) is 1. The van der Waals surface area contributed by atoms with E-state index in [9.17, 15) is 14.7 Å². The average molecular weight is 807 g/mol. The van der Waals surface area contributed by atoms with Crippen LogP contribution in [0.3, 0.4) is 0 Å². The van der Waals surface area contributed by atoms with Crippen LogP contribution < -0.4 is 37.1 Å². The van der Waals surface area contributed by atoms with Gasteiger partial charge in [0.15, 0.2) is 0 Å². The van der Waals surface area contributed by atoms with Crippen molar-refractivity contribution in [3.05, 3.63) is 89.1 Å². The molecular formula is C45H62N10O4. The average Bonchev–Trinajstić information content (AvgIpc) is 3.27. The van der Waals surface area contributed by atoms with Crippen molar-refractivity contribution >= 4 is 29.7 Å². The zero-order valence-electron chi connectivity index (χ0n) is 34.6. The molecule has 1 saturated carbocycles. The smallest absolute Gasteiger partial charge is 0.226 e. The highest BCUT2D eigenvalue weighted by Gasteiger charge is 2.34. The van der Waals surface area contributed by atoms with Gasteiger partial charge in [-0.2, -0.15) is 0 Å². The lowest BCUT2D eigenvalue weighted by atomic mass is 9.79. The summed E-state index contributed by atoms with van der Waals surface area (Å²) in [6.45, 7) is 7.21. The van der Waals surface area contributed by atoms with Crippen molar-refractivity contribution < 1.29 is 19.4 Å². The number of phenols is 1. The second kappa shape index (κ2) is 19.0. The molecule has 4 heterocycles. The maximum absolute atomic E-state index is 11.9. The Balaban J connectivity index is 0.896. The van der Waals surface area contributed by atoms with Gasteiger partial charge in [0.2, 0.25) is 18.3 Å². The van der Waals surface area contributed by atoms with Gasteiger partial charge >= 0.3 is 0 Å². The van der Waals surface area contributed by atoms with E-state index in [1.807, 2.05) is 18.5 Å². The second-order valence-electron chi connectivity index (χ2n) is 16.8. The molecule has 2 saturated heterocycles. The minimum Gasteiger partial charge on any atom is -0.507 e. The van der Waals surface area contributed by atoms with Crippen LogP contribution in [0.25, 0.3) is 5.70 Å². The van der Waals surface area contributed by atoms with Crippen molar-refractivity contribution in [1.82, 2.24) is 25.1 Å². The van der Waals surface area contributed by atoms with E-state index < -0.39 is 0 Å². The Hall–Kier alpha value is -5.50. The van der Waals surface area contributed by atoms with E-state index in [4.69, 9.17) is 31.9 Å². The number of aromatic nitrogens is 2. The van der Waals surface area contributed by atoms with Gasteiger partial charge in [-0.3, -0.25) is 14.9 Å². The molecule has 0 radical (unpaired) electrons. The minimum atomic E-state index is -0.238. The van der Waals surface area contributed by atoms with Crippen molar-refractivity contribution in [3.8, 4) is 11.5 Å². The molecule has 59 heavy (non-hydrogen) atoms. The van der Waals surface area contributed by atoms with Crippen LogP contribution in [0.4, 0.5) is 11.6 Å². The van der Waals surface area contributed by atoms with Gasteiger partial charge in [-0.15, -0.1) is 0 Å². The predicted octanol–water partition coefficient (Wildman–Crippen LogP) is 4.72. The number of carbonyl (C=O) groups excluding carboxylic acids is 2. The molecular weight excluding hydrogens is 745 g/mol. The van der Waals surface area contributed by atoms with Crippen LogP contribution in [0, 0.1) is 0 Å². The maximum atomic E-state index is 11.9. The Kier molecular flexibility index (Phi) is 13.4. The number of nitrogens with two attached hydrogens (primary N) is 3. The quantitative estimate of drug-likeness (QED) is 0.118. The number of aromatic hydroxyl groups is 1. The highest BCUT2D eigenvalue weighted by atomic mass is 16.5. The summed E-state index contributed by atoms with van der Waals surface area (Å²) >= 11 is 0. The Morgan fingerprint density at radius 3 is 2.42 bits per heavy atom. The minimum absolute atomic E-state index is 0.106. The number of phenolic OH excluding ortho intramolecular Hbond substituents is 1. The van der Waals surface area contributed by atoms with E-state index in [1.54, 1.807) is 24.3 Å². The number of nitrogens with zero attached hydrogens (tertiary/aromatic N) is 6. The van der Waals surface area contributed by atoms with E-state index in [0.29, 0.717) is 73.2 Å². The van der Waals surface area contributed by atoms with E-state index in [1.165, 1.54) is 24.0 Å². The number of piperidine rings is 2. The van der Waals surface area contributed by atoms with Gasteiger partial charge in [-0.1, -0.05) is 24.3 Å². The Morgan fingerprint density at radius 1 is 0.966 bits per heavy atom. The first-order chi connectivity index (χ1) is 28.6. The number of carbonyl (C=O) groups is 2. The Morgan fingerprint density at radius 2 is 1.71 bits per heavy atom. The van der Waals surface area contributed by atoms with Gasteiger partial charge < -0.3 is 46.6 Å². The summed E-state index contributed by atoms with van der Waals surface area (Å²) in [6.07, 6.45) is 16.1. The number of hydrogen-bond donors (Lipinski definition) is 5. The zero-order chi connectivity index (χ0) is 41.5. The summed E-state index contributed by atoms with van der Waals surface area (Å²) in [5.74, 6) is 2.69. The van der Waals surface area contributed by atoms with Crippen molar-refractivity contribution in [2.45, 2.75) is 101 Å². The molecule has 3 fully saturated rings. The van der Waals surface area contributed by atoms with Crippen molar-refractivity contribution in [3.63, 3.8) is 0 Å². The van der Waals surface area contributed by atoms with Gasteiger partial charge in [0, 0.05) is 68.3 Å². The number of fused-ring (bicyclic) bond motifs is 1. The molecule has 3 aromatic rings. The zero-order valence-corrected chi connectivity index (χ0v) is 34.6. The highest BCUT2D eigenvalue weighted by Crippen LogP contribution is 2.45. The van der Waals surface area contributed by atoms with Gasteiger partial charge in [-0.25, -0.2) is 9.97 Å². The third kappa shape index (κ3) is 9.70. The van der Waals surface area contributed by atoms with E-state index in [-0.39, 0.29) is 29.6 Å². The third-order valence-corrected chi connectivity index (χ3v) is 13.2. The SMILES string of the molecule is CC(CCC(=O)NC=O)N1CCOc2c1cccc2[C@H]1CC[C@@H](N2CCC(c3cnc(N(C)C4CCCN(C(/C=C(\N)c5ccccc5O)=C(N)N)C4)nc3)CC2)CC1. The van der Waals surface area contributed by atoms with Crippen molar-refractivity contribution in [1.29, 1.82) is 0 Å². The molecule has 4 aliphatic rings. The highest BCUT2D eigenvalue weighted by molar-refractivity contribution is 5.85. The van der Waals surface area contributed by atoms with Crippen LogP contribution in [0.15, 0.2) is 72.5 Å². The second-order valence-corrected chi connectivity index (χ2v) is 16.8. The predicted molar refractivity (Wildman–Crippen MR) is 231 cm³/mol. The topological polar surface area (TPSA) is 192 Å². The first-order valence-electron chi connectivity index (χ1n) is 21.4. The van der Waals surface area contributed by atoms with E-state index in [2.05, 4.69) is 57.1 Å². The van der Waals surface area contributed by atoms with E-state index in [0.717, 1.165) is 76.1 Å². The van der Waals surface area contributed by atoms with Gasteiger partial charge in [0.25, 0.3) is 0 Å². The number of anilines is 2. The van der Waals surface area contributed by atoms with Gasteiger partial charge in [-0.05, 0) is 125 Å². The summed E-state index contributed by atoms with van der Waals surface area (Å²) in [6, 6.07) is 14.4. The molecule has 1 aliphatic carbocycles. The Labute approximate surface area is 348 Å². The lowest BCUT2D eigenvalue weighted by molar-refractivity contribution is -0.125. The number of imide groups is 1. The van der Waals surface area contributed by atoms with Crippen LogP contribution in [0.2, 0.25) is 0 Å². The molecule has 3 aliphatic heterocycles. The van der Waals surface area contributed by atoms with Crippen LogP contribution in [0.1, 0.15) is 99.7 Å². The number of nitrogens with one attached hydrogen (secondary N) is 1. The first-order valence-corrected chi connectivity index (χ1v) is 21.4. The molecule has 8 N–H and O–H groups in total. The molecule has 2 atom stereocenters. The molecule has 2 aromatic carbocycles. The normalized spacial score (nSPS) is 22.1. The molecule has 2 unspecified atom stereocenters. The molecule has 0 spiro atoms. The first kappa shape index (κ1) is 41.7. The summed E-state index contributed by atoms with van der Waals surface area (Å²) in [5.41, 5.74) is 24.0. The van der Waals surface area contributed by atoms with Crippen LogP contribution >= 0.6 is 0 Å². The number of hydrogen-bond acceptors (Lipinski definition) is 13. The molecule has 316 valence electrons. The number of ether oxygens (including phenoxy) is 1. The molecule has 7 rings (SSSR count). The number of allylic oxidation sites excluding steroid dienone is 1. The molecule has 14 heteroatoms. The number of rotatable bonds is 13. The fraction of sp³-hybridized carbons (Fsp3) is 0.511. The lowest BCUT2D eigenvalue weighted by Crippen LogP contribution is -2.47.